The third kappa shape index (κ3) is 4.55. The van der Waals surface area contributed by atoms with Gasteiger partial charge < -0.3 is 14.3 Å². The van der Waals surface area contributed by atoms with Crippen LogP contribution in [0.2, 0.25) is 0 Å². The molecule has 1 unspecified atom stereocenters. The standard InChI is InChI=1S/C23H23F3N4O3/c1-13-20-18(22(32)29(3)11-15-7-8-30(12-15)14(2)31)10-19(27-21(20)33-28-13)16-5-4-6-17(9-16)23(24,25)26/h4-6,9-10,15H,7-8,11-12H2,1-3H3. The highest BCUT2D eigenvalue weighted by Crippen LogP contribution is 2.33. The summed E-state index contributed by atoms with van der Waals surface area (Å²) in [6.07, 6.45) is -3.71. The Morgan fingerprint density at radius 2 is 2.03 bits per heavy atom. The number of fused-ring (bicyclic) bond motifs is 1. The van der Waals surface area contributed by atoms with Crippen LogP contribution in [0.25, 0.3) is 22.4 Å². The number of pyridine rings is 1. The van der Waals surface area contributed by atoms with E-state index < -0.39 is 11.7 Å². The van der Waals surface area contributed by atoms with Gasteiger partial charge in [-0.05, 0) is 37.5 Å². The molecule has 2 aromatic heterocycles. The van der Waals surface area contributed by atoms with Gasteiger partial charge in [-0.2, -0.15) is 13.2 Å². The fraction of sp³-hybridized carbons (Fsp3) is 0.391. The van der Waals surface area contributed by atoms with E-state index in [9.17, 15) is 22.8 Å². The minimum Gasteiger partial charge on any atom is -0.343 e. The lowest BCUT2D eigenvalue weighted by molar-refractivity contribution is -0.137. The minimum absolute atomic E-state index is 0.00754. The topological polar surface area (TPSA) is 79.5 Å². The molecule has 1 aromatic carbocycles. The molecule has 0 N–H and O–H groups in total. The van der Waals surface area contributed by atoms with Crippen molar-refractivity contribution in [1.82, 2.24) is 19.9 Å². The van der Waals surface area contributed by atoms with Crippen LogP contribution >= 0.6 is 0 Å². The molecule has 0 spiro atoms. The molecule has 0 bridgehead atoms. The van der Waals surface area contributed by atoms with Crippen molar-refractivity contribution in [3.63, 3.8) is 0 Å². The van der Waals surface area contributed by atoms with Crippen LogP contribution in [0, 0.1) is 12.8 Å². The normalized spacial score (nSPS) is 16.4. The second-order valence-electron chi connectivity index (χ2n) is 8.39. The Labute approximate surface area is 188 Å². The molecule has 4 rings (SSSR count). The van der Waals surface area contributed by atoms with Crippen molar-refractivity contribution in [3.8, 4) is 11.3 Å². The number of likely N-dealkylation sites (tertiary alicyclic amines) is 1. The van der Waals surface area contributed by atoms with Gasteiger partial charge in [-0.3, -0.25) is 9.59 Å². The van der Waals surface area contributed by atoms with Crippen LogP contribution in [-0.4, -0.2) is 58.4 Å². The zero-order valence-electron chi connectivity index (χ0n) is 18.4. The van der Waals surface area contributed by atoms with Gasteiger partial charge in [0.2, 0.25) is 5.91 Å². The van der Waals surface area contributed by atoms with Gasteiger partial charge in [0, 0.05) is 39.2 Å². The van der Waals surface area contributed by atoms with Crippen molar-refractivity contribution in [2.24, 2.45) is 5.92 Å². The van der Waals surface area contributed by atoms with Gasteiger partial charge in [0.1, 0.15) is 0 Å². The maximum atomic E-state index is 13.4. The van der Waals surface area contributed by atoms with Gasteiger partial charge in [0.05, 0.1) is 27.9 Å². The number of nitrogens with zero attached hydrogens (tertiary/aromatic N) is 4. The van der Waals surface area contributed by atoms with E-state index in [-0.39, 0.29) is 40.3 Å². The van der Waals surface area contributed by atoms with Crippen molar-refractivity contribution in [3.05, 3.63) is 47.2 Å². The first kappa shape index (κ1) is 22.8. The molecule has 0 radical (unpaired) electrons. The van der Waals surface area contributed by atoms with E-state index in [0.717, 1.165) is 18.6 Å². The summed E-state index contributed by atoms with van der Waals surface area (Å²) in [6.45, 7) is 4.88. The Bertz CT molecular complexity index is 1220. The molecule has 174 valence electrons. The van der Waals surface area contributed by atoms with E-state index in [2.05, 4.69) is 10.1 Å². The molecule has 1 saturated heterocycles. The number of carbonyl (C=O) groups excluding carboxylic acids is 2. The predicted molar refractivity (Wildman–Crippen MR) is 114 cm³/mol. The summed E-state index contributed by atoms with van der Waals surface area (Å²) in [5.74, 6) is -0.164. The molecule has 33 heavy (non-hydrogen) atoms. The molecule has 3 aromatic rings. The lowest BCUT2D eigenvalue weighted by Crippen LogP contribution is -2.34. The highest BCUT2D eigenvalue weighted by Gasteiger charge is 2.31. The number of aromatic nitrogens is 2. The predicted octanol–water partition coefficient (Wildman–Crippen LogP) is 4.16. The van der Waals surface area contributed by atoms with Crippen LogP contribution < -0.4 is 0 Å². The molecule has 0 aliphatic carbocycles. The zero-order chi connectivity index (χ0) is 23.9. The van der Waals surface area contributed by atoms with Gasteiger partial charge in [-0.1, -0.05) is 17.3 Å². The van der Waals surface area contributed by atoms with Crippen molar-refractivity contribution in [2.45, 2.75) is 26.4 Å². The smallest absolute Gasteiger partial charge is 0.343 e. The summed E-state index contributed by atoms with van der Waals surface area (Å²) in [5.41, 5.74) is 0.402. The van der Waals surface area contributed by atoms with Crippen LogP contribution in [0.3, 0.4) is 0 Å². The van der Waals surface area contributed by atoms with Gasteiger partial charge in [-0.25, -0.2) is 4.98 Å². The quantitative estimate of drug-likeness (QED) is 0.584. The second kappa shape index (κ2) is 8.49. The Morgan fingerprint density at radius 3 is 2.70 bits per heavy atom. The molecule has 7 nitrogen and oxygen atoms in total. The molecule has 1 atom stereocenters. The Kier molecular flexibility index (Phi) is 5.85. The van der Waals surface area contributed by atoms with E-state index >= 15 is 0 Å². The highest BCUT2D eigenvalue weighted by molar-refractivity contribution is 6.06. The fourth-order valence-corrected chi connectivity index (χ4v) is 4.21. The molecule has 0 saturated carbocycles. The summed E-state index contributed by atoms with van der Waals surface area (Å²) in [4.78, 5) is 32.6. The summed E-state index contributed by atoms with van der Waals surface area (Å²) in [6, 6.07) is 6.25. The molecule has 1 aliphatic rings. The van der Waals surface area contributed by atoms with Crippen LogP contribution in [0.15, 0.2) is 34.9 Å². The number of alkyl halides is 3. The molecular weight excluding hydrogens is 437 g/mol. The number of benzene rings is 1. The highest BCUT2D eigenvalue weighted by atomic mass is 19.4. The molecule has 3 heterocycles. The van der Waals surface area contributed by atoms with Gasteiger partial charge in [-0.15, -0.1) is 0 Å². The number of hydrogen-bond donors (Lipinski definition) is 0. The third-order valence-corrected chi connectivity index (χ3v) is 5.94. The monoisotopic (exact) mass is 460 g/mol. The molecular formula is C23H23F3N4O3. The number of rotatable bonds is 4. The van der Waals surface area contributed by atoms with E-state index in [4.69, 9.17) is 4.52 Å². The van der Waals surface area contributed by atoms with Crippen molar-refractivity contribution >= 4 is 22.9 Å². The van der Waals surface area contributed by atoms with Crippen molar-refractivity contribution in [1.29, 1.82) is 0 Å². The van der Waals surface area contributed by atoms with E-state index in [1.54, 1.807) is 23.8 Å². The first-order valence-corrected chi connectivity index (χ1v) is 10.5. The third-order valence-electron chi connectivity index (χ3n) is 5.94. The fourth-order valence-electron chi connectivity index (χ4n) is 4.21. The van der Waals surface area contributed by atoms with E-state index in [0.29, 0.717) is 30.7 Å². The first-order valence-electron chi connectivity index (χ1n) is 10.5. The zero-order valence-corrected chi connectivity index (χ0v) is 18.4. The lowest BCUT2D eigenvalue weighted by Gasteiger charge is -2.22. The maximum absolute atomic E-state index is 13.4. The number of amides is 2. The van der Waals surface area contributed by atoms with E-state index in [1.165, 1.54) is 25.1 Å². The number of halogens is 3. The summed E-state index contributed by atoms with van der Waals surface area (Å²) in [7, 11) is 1.66. The van der Waals surface area contributed by atoms with Crippen LogP contribution in [0.1, 0.15) is 35.0 Å². The molecule has 1 fully saturated rings. The first-order chi connectivity index (χ1) is 15.5. The molecule has 2 amide bonds. The Morgan fingerprint density at radius 1 is 1.27 bits per heavy atom. The largest absolute Gasteiger partial charge is 0.416 e. The lowest BCUT2D eigenvalue weighted by atomic mass is 10.0. The van der Waals surface area contributed by atoms with Gasteiger partial charge in [0.15, 0.2) is 0 Å². The van der Waals surface area contributed by atoms with Gasteiger partial charge >= 0.3 is 6.18 Å². The van der Waals surface area contributed by atoms with E-state index in [1.807, 2.05) is 0 Å². The Balaban J connectivity index is 1.68. The molecule has 10 heteroatoms. The van der Waals surface area contributed by atoms with Crippen molar-refractivity contribution in [2.75, 3.05) is 26.7 Å². The average Bonchev–Trinajstić information content (AvgIpc) is 3.39. The van der Waals surface area contributed by atoms with Crippen LogP contribution in [-0.2, 0) is 11.0 Å². The Hall–Kier alpha value is -3.43. The number of aryl methyl sites for hydroxylation is 1. The number of hydrogen-bond acceptors (Lipinski definition) is 5. The van der Waals surface area contributed by atoms with Crippen LogP contribution in [0.4, 0.5) is 13.2 Å². The van der Waals surface area contributed by atoms with Crippen LogP contribution in [0.5, 0.6) is 0 Å². The summed E-state index contributed by atoms with van der Waals surface area (Å²) < 4.78 is 44.8. The summed E-state index contributed by atoms with van der Waals surface area (Å²) >= 11 is 0. The summed E-state index contributed by atoms with van der Waals surface area (Å²) in [5, 5.41) is 4.32. The molecule has 1 aliphatic heterocycles. The second-order valence-corrected chi connectivity index (χ2v) is 8.39. The maximum Gasteiger partial charge on any atom is 0.416 e. The number of carbonyl (C=O) groups is 2. The average molecular weight is 460 g/mol. The minimum atomic E-state index is -4.50. The SMILES string of the molecule is CC(=O)N1CCC(CN(C)C(=O)c2cc(-c3cccc(C(F)(F)F)c3)nc3onc(C)c23)C1. The van der Waals surface area contributed by atoms with Gasteiger partial charge in [0.25, 0.3) is 11.6 Å². The van der Waals surface area contributed by atoms with Crippen molar-refractivity contribution < 1.29 is 27.3 Å².